The Labute approximate surface area is 118 Å². The Morgan fingerprint density at radius 3 is 2.85 bits per heavy atom. The van der Waals surface area contributed by atoms with E-state index in [9.17, 15) is 9.59 Å². The number of nitrogens with zero attached hydrogens (tertiary/aromatic N) is 1. The second-order valence-electron chi connectivity index (χ2n) is 5.14. The number of amides is 1. The highest BCUT2D eigenvalue weighted by Crippen LogP contribution is 2.14. The van der Waals surface area contributed by atoms with Gasteiger partial charge >= 0.3 is 5.97 Å². The number of hydrogen-bond donors (Lipinski definition) is 1. The highest BCUT2D eigenvalue weighted by molar-refractivity contribution is 5.81. The van der Waals surface area contributed by atoms with Gasteiger partial charge in [0.1, 0.15) is 0 Å². The van der Waals surface area contributed by atoms with E-state index in [-0.39, 0.29) is 19.1 Å². The molecule has 1 atom stereocenters. The Kier molecular flexibility index (Phi) is 4.39. The zero-order chi connectivity index (χ0) is 14.7. The molecule has 5 nitrogen and oxygen atoms in total. The molecule has 1 N–H and O–H groups in total. The molecule has 1 aliphatic heterocycles. The first-order valence-corrected chi connectivity index (χ1v) is 6.65. The third-order valence-corrected chi connectivity index (χ3v) is 3.54. The van der Waals surface area contributed by atoms with Gasteiger partial charge in [-0.2, -0.15) is 0 Å². The molecule has 0 spiro atoms. The van der Waals surface area contributed by atoms with Crippen LogP contribution < -0.4 is 0 Å². The maximum atomic E-state index is 12.3. The van der Waals surface area contributed by atoms with Crippen molar-refractivity contribution in [2.75, 3.05) is 19.7 Å². The molecule has 20 heavy (non-hydrogen) atoms. The summed E-state index contributed by atoms with van der Waals surface area (Å²) >= 11 is 0. The quantitative estimate of drug-likeness (QED) is 0.900. The molecule has 1 aromatic carbocycles. The molecule has 1 fully saturated rings. The van der Waals surface area contributed by atoms with E-state index in [0.29, 0.717) is 13.0 Å². The number of aryl methyl sites for hydroxylation is 2. The SMILES string of the molecule is Cc1ccc(C)c(CC(=O)N2CCOC(C(=O)O)C2)c1. The number of aliphatic carboxylic acids is 1. The van der Waals surface area contributed by atoms with Gasteiger partial charge in [0.25, 0.3) is 0 Å². The summed E-state index contributed by atoms with van der Waals surface area (Å²) < 4.78 is 5.12. The number of carbonyl (C=O) groups is 2. The molecule has 1 unspecified atom stereocenters. The van der Waals surface area contributed by atoms with E-state index in [1.807, 2.05) is 32.0 Å². The molecule has 0 saturated carbocycles. The predicted molar refractivity (Wildman–Crippen MR) is 73.6 cm³/mol. The van der Waals surface area contributed by atoms with Gasteiger partial charge in [-0.15, -0.1) is 0 Å². The number of benzene rings is 1. The number of morpholine rings is 1. The molecule has 1 amide bonds. The molecule has 1 aromatic rings. The molecule has 1 aliphatic rings. The van der Waals surface area contributed by atoms with Gasteiger partial charge in [0.05, 0.1) is 19.6 Å². The van der Waals surface area contributed by atoms with Crippen molar-refractivity contribution in [3.05, 3.63) is 34.9 Å². The summed E-state index contributed by atoms with van der Waals surface area (Å²) in [5.41, 5.74) is 3.18. The molecule has 5 heteroatoms. The highest BCUT2D eigenvalue weighted by Gasteiger charge is 2.28. The fourth-order valence-corrected chi connectivity index (χ4v) is 2.29. The summed E-state index contributed by atoms with van der Waals surface area (Å²) in [6.07, 6.45) is -0.605. The first kappa shape index (κ1) is 14.5. The summed E-state index contributed by atoms with van der Waals surface area (Å²) in [4.78, 5) is 24.8. The number of carboxylic acid groups (broad SMARTS) is 1. The average molecular weight is 277 g/mol. The molecule has 0 aliphatic carbocycles. The molecule has 108 valence electrons. The van der Waals surface area contributed by atoms with Crippen LogP contribution in [0.1, 0.15) is 16.7 Å². The van der Waals surface area contributed by atoms with Gasteiger partial charge in [-0.25, -0.2) is 4.79 Å². The summed E-state index contributed by atoms with van der Waals surface area (Å²) in [6.45, 7) is 4.81. The van der Waals surface area contributed by atoms with E-state index in [4.69, 9.17) is 9.84 Å². The minimum Gasteiger partial charge on any atom is -0.479 e. The summed E-state index contributed by atoms with van der Waals surface area (Å²) in [5, 5.41) is 8.95. The van der Waals surface area contributed by atoms with Crippen molar-refractivity contribution in [2.24, 2.45) is 0 Å². The molecule has 0 aromatic heterocycles. The number of carbonyl (C=O) groups excluding carboxylic acids is 1. The van der Waals surface area contributed by atoms with Crippen LogP contribution >= 0.6 is 0 Å². The lowest BCUT2D eigenvalue weighted by Crippen LogP contribution is -2.49. The average Bonchev–Trinajstić information content (AvgIpc) is 2.43. The predicted octanol–water partition coefficient (Wildman–Crippen LogP) is 1.16. The largest absolute Gasteiger partial charge is 0.479 e. The number of ether oxygens (including phenoxy) is 1. The lowest BCUT2D eigenvalue weighted by Gasteiger charge is -2.31. The lowest BCUT2D eigenvalue weighted by molar-refractivity contribution is -0.159. The second-order valence-corrected chi connectivity index (χ2v) is 5.14. The Bertz CT molecular complexity index is 527. The molecule has 2 rings (SSSR count). The molecular weight excluding hydrogens is 258 g/mol. The Morgan fingerprint density at radius 1 is 1.40 bits per heavy atom. The molecule has 1 saturated heterocycles. The van der Waals surface area contributed by atoms with E-state index in [1.165, 1.54) is 0 Å². The van der Waals surface area contributed by atoms with Crippen molar-refractivity contribution in [2.45, 2.75) is 26.4 Å². The van der Waals surface area contributed by atoms with E-state index in [1.54, 1.807) is 4.90 Å². The number of rotatable bonds is 3. The first-order valence-electron chi connectivity index (χ1n) is 6.65. The Hall–Kier alpha value is -1.88. The van der Waals surface area contributed by atoms with Crippen LogP contribution in [0.25, 0.3) is 0 Å². The topological polar surface area (TPSA) is 66.8 Å². The van der Waals surface area contributed by atoms with Crippen LogP contribution in [0.15, 0.2) is 18.2 Å². The molecule has 1 heterocycles. The monoisotopic (exact) mass is 277 g/mol. The first-order chi connectivity index (χ1) is 9.47. The molecule has 0 radical (unpaired) electrons. The van der Waals surface area contributed by atoms with E-state index < -0.39 is 12.1 Å². The summed E-state index contributed by atoms with van der Waals surface area (Å²) in [7, 11) is 0. The normalized spacial score (nSPS) is 18.9. The van der Waals surface area contributed by atoms with Crippen LogP contribution in [0.2, 0.25) is 0 Å². The van der Waals surface area contributed by atoms with Crippen LogP contribution in [0.3, 0.4) is 0 Å². The van der Waals surface area contributed by atoms with Crippen molar-refractivity contribution < 1.29 is 19.4 Å². The summed E-state index contributed by atoms with van der Waals surface area (Å²) in [6, 6.07) is 6.01. The minimum atomic E-state index is -1.02. The second kappa shape index (κ2) is 6.05. The van der Waals surface area contributed by atoms with E-state index in [0.717, 1.165) is 16.7 Å². The van der Waals surface area contributed by atoms with Crippen LogP contribution in [0.4, 0.5) is 0 Å². The zero-order valence-electron chi connectivity index (χ0n) is 11.8. The third-order valence-electron chi connectivity index (χ3n) is 3.54. The van der Waals surface area contributed by atoms with Crippen LogP contribution in [0, 0.1) is 13.8 Å². The van der Waals surface area contributed by atoms with Crippen molar-refractivity contribution in [3.63, 3.8) is 0 Å². The summed E-state index contributed by atoms with van der Waals surface area (Å²) in [5.74, 6) is -1.07. The maximum Gasteiger partial charge on any atom is 0.334 e. The van der Waals surface area contributed by atoms with Crippen molar-refractivity contribution >= 4 is 11.9 Å². The smallest absolute Gasteiger partial charge is 0.334 e. The van der Waals surface area contributed by atoms with E-state index in [2.05, 4.69) is 0 Å². The van der Waals surface area contributed by atoms with Gasteiger partial charge in [0.2, 0.25) is 5.91 Å². The van der Waals surface area contributed by atoms with Gasteiger partial charge in [-0.1, -0.05) is 23.8 Å². The lowest BCUT2D eigenvalue weighted by atomic mass is 10.0. The number of carboxylic acids is 1. The molecule has 0 bridgehead atoms. The zero-order valence-corrected chi connectivity index (χ0v) is 11.8. The standard InChI is InChI=1S/C15H19NO4/c1-10-3-4-11(2)12(7-10)8-14(17)16-5-6-20-13(9-16)15(18)19/h3-4,7,13H,5-6,8-9H2,1-2H3,(H,18,19). The van der Waals surface area contributed by atoms with Crippen LogP contribution in [-0.2, 0) is 20.7 Å². The van der Waals surface area contributed by atoms with Crippen molar-refractivity contribution in [1.29, 1.82) is 0 Å². The van der Waals surface area contributed by atoms with Gasteiger partial charge in [-0.3, -0.25) is 4.79 Å². The highest BCUT2D eigenvalue weighted by atomic mass is 16.5. The fourth-order valence-electron chi connectivity index (χ4n) is 2.29. The Morgan fingerprint density at radius 2 is 2.15 bits per heavy atom. The Balaban J connectivity index is 2.04. The fraction of sp³-hybridized carbons (Fsp3) is 0.467. The van der Waals surface area contributed by atoms with Gasteiger partial charge < -0.3 is 14.7 Å². The van der Waals surface area contributed by atoms with Gasteiger partial charge in [0.15, 0.2) is 6.10 Å². The van der Waals surface area contributed by atoms with Crippen molar-refractivity contribution in [1.82, 2.24) is 4.90 Å². The molecular formula is C15H19NO4. The third kappa shape index (κ3) is 3.36. The van der Waals surface area contributed by atoms with Gasteiger partial charge in [-0.05, 0) is 25.0 Å². The van der Waals surface area contributed by atoms with Gasteiger partial charge in [0, 0.05) is 6.54 Å². The van der Waals surface area contributed by atoms with Crippen LogP contribution in [0.5, 0.6) is 0 Å². The minimum absolute atomic E-state index is 0.0479. The van der Waals surface area contributed by atoms with E-state index >= 15 is 0 Å². The van der Waals surface area contributed by atoms with Crippen molar-refractivity contribution in [3.8, 4) is 0 Å². The number of hydrogen-bond acceptors (Lipinski definition) is 3. The van der Waals surface area contributed by atoms with Crippen LogP contribution in [-0.4, -0.2) is 47.7 Å². The maximum absolute atomic E-state index is 12.3.